The molecular formula is C18H14F3N5O3. The molecule has 0 saturated heterocycles. The van der Waals surface area contributed by atoms with E-state index in [9.17, 15) is 23.3 Å². The van der Waals surface area contributed by atoms with Gasteiger partial charge in [-0.15, -0.1) is 13.2 Å². The van der Waals surface area contributed by atoms with Crippen molar-refractivity contribution in [3.8, 4) is 5.75 Å². The van der Waals surface area contributed by atoms with Crippen LogP contribution in [0.2, 0.25) is 0 Å². The highest BCUT2D eigenvalue weighted by Crippen LogP contribution is 2.33. The first-order chi connectivity index (χ1) is 13.7. The predicted molar refractivity (Wildman–Crippen MR) is 99.6 cm³/mol. The summed E-state index contributed by atoms with van der Waals surface area (Å²) in [6, 6.07) is 11.9. The Bertz CT molecular complexity index is 1030. The third-order valence-corrected chi connectivity index (χ3v) is 3.64. The Morgan fingerprint density at radius 2 is 1.62 bits per heavy atom. The van der Waals surface area contributed by atoms with Gasteiger partial charge in [0.1, 0.15) is 12.1 Å². The van der Waals surface area contributed by atoms with E-state index < -0.39 is 22.7 Å². The van der Waals surface area contributed by atoms with E-state index in [1.54, 1.807) is 18.2 Å². The highest BCUT2D eigenvalue weighted by atomic mass is 19.4. The van der Waals surface area contributed by atoms with Crippen LogP contribution in [0.25, 0.3) is 0 Å². The molecule has 0 aliphatic carbocycles. The first-order valence-corrected chi connectivity index (χ1v) is 8.17. The van der Waals surface area contributed by atoms with Crippen molar-refractivity contribution in [3.05, 3.63) is 70.5 Å². The average molecular weight is 405 g/mol. The molecule has 0 fully saturated rings. The van der Waals surface area contributed by atoms with Gasteiger partial charge in [0, 0.05) is 11.4 Å². The number of halogens is 3. The molecule has 29 heavy (non-hydrogen) atoms. The molecule has 0 unspecified atom stereocenters. The maximum atomic E-state index is 12.2. The number of ether oxygens (including phenoxy) is 1. The van der Waals surface area contributed by atoms with Gasteiger partial charge in [-0.3, -0.25) is 10.1 Å². The van der Waals surface area contributed by atoms with E-state index in [1.807, 2.05) is 13.0 Å². The van der Waals surface area contributed by atoms with Crippen LogP contribution in [0, 0.1) is 17.0 Å². The highest BCUT2D eigenvalue weighted by Gasteiger charge is 2.31. The van der Waals surface area contributed by atoms with Crippen molar-refractivity contribution in [2.24, 2.45) is 0 Å². The monoisotopic (exact) mass is 405 g/mol. The standard InChI is InChI=1S/C18H14F3N5O3/c1-11-3-2-4-13(9-11)25-17-15(26(27)28)16(22-10-23-17)24-12-5-7-14(8-6-12)29-18(19,20)21/h2-10H,1H3,(H2,22,23,24,25). The highest BCUT2D eigenvalue weighted by molar-refractivity contribution is 5.76. The molecule has 1 heterocycles. The van der Waals surface area contributed by atoms with Crippen molar-refractivity contribution in [2.45, 2.75) is 13.3 Å². The number of rotatable bonds is 6. The molecule has 2 N–H and O–H groups in total. The van der Waals surface area contributed by atoms with Crippen molar-refractivity contribution >= 4 is 28.7 Å². The quantitative estimate of drug-likeness (QED) is 0.435. The van der Waals surface area contributed by atoms with E-state index in [1.165, 1.54) is 12.1 Å². The maximum absolute atomic E-state index is 12.2. The first-order valence-electron chi connectivity index (χ1n) is 8.17. The molecule has 0 bridgehead atoms. The second kappa shape index (κ2) is 8.00. The third-order valence-electron chi connectivity index (χ3n) is 3.64. The van der Waals surface area contributed by atoms with Gasteiger partial charge in [0.2, 0.25) is 11.6 Å². The Labute approximate surface area is 162 Å². The van der Waals surface area contributed by atoms with Gasteiger partial charge < -0.3 is 15.4 Å². The summed E-state index contributed by atoms with van der Waals surface area (Å²) < 4.78 is 40.5. The Morgan fingerprint density at radius 1 is 1.00 bits per heavy atom. The SMILES string of the molecule is Cc1cccc(Nc2ncnc(Nc3ccc(OC(F)(F)F)cc3)c2[N+](=O)[O-])c1. The molecule has 0 aliphatic heterocycles. The van der Waals surface area contributed by atoms with Gasteiger partial charge in [-0.05, 0) is 48.9 Å². The number of nitrogens with zero attached hydrogens (tertiary/aromatic N) is 3. The molecule has 0 radical (unpaired) electrons. The van der Waals surface area contributed by atoms with Crippen LogP contribution >= 0.6 is 0 Å². The summed E-state index contributed by atoms with van der Waals surface area (Å²) in [5, 5.41) is 17.2. The minimum absolute atomic E-state index is 0.0323. The fraction of sp³-hybridized carbons (Fsp3) is 0.111. The number of hydrogen-bond acceptors (Lipinski definition) is 7. The van der Waals surface area contributed by atoms with E-state index in [0.29, 0.717) is 5.69 Å². The topological polar surface area (TPSA) is 102 Å². The number of anilines is 4. The van der Waals surface area contributed by atoms with Gasteiger partial charge in [-0.2, -0.15) is 0 Å². The van der Waals surface area contributed by atoms with Gasteiger partial charge in [0.25, 0.3) is 0 Å². The number of nitro groups is 1. The zero-order valence-electron chi connectivity index (χ0n) is 14.9. The summed E-state index contributed by atoms with van der Waals surface area (Å²) in [4.78, 5) is 18.8. The van der Waals surface area contributed by atoms with Crippen molar-refractivity contribution in [2.75, 3.05) is 10.6 Å². The summed E-state index contributed by atoms with van der Waals surface area (Å²) in [5.41, 5.74) is 1.42. The molecule has 3 aromatic rings. The molecule has 0 spiro atoms. The zero-order chi connectivity index (χ0) is 21.0. The maximum Gasteiger partial charge on any atom is 0.573 e. The van der Waals surface area contributed by atoms with Gasteiger partial charge in [-0.25, -0.2) is 9.97 Å². The van der Waals surface area contributed by atoms with Crippen LogP contribution in [0.3, 0.4) is 0 Å². The molecule has 0 saturated carbocycles. The van der Waals surface area contributed by atoms with Crippen LogP contribution in [0.1, 0.15) is 5.56 Å². The molecule has 3 rings (SSSR count). The summed E-state index contributed by atoms with van der Waals surface area (Å²) in [6.07, 6.45) is -3.68. The fourth-order valence-electron chi connectivity index (χ4n) is 2.47. The average Bonchev–Trinajstić information content (AvgIpc) is 2.62. The molecule has 1 aromatic heterocycles. The minimum Gasteiger partial charge on any atom is -0.406 e. The van der Waals surface area contributed by atoms with Crippen LogP contribution in [0.4, 0.5) is 41.9 Å². The summed E-state index contributed by atoms with van der Waals surface area (Å²) >= 11 is 0. The van der Waals surface area contributed by atoms with Crippen molar-refractivity contribution in [3.63, 3.8) is 0 Å². The molecule has 0 amide bonds. The van der Waals surface area contributed by atoms with Crippen LogP contribution in [0.5, 0.6) is 5.75 Å². The van der Waals surface area contributed by atoms with Crippen LogP contribution in [0.15, 0.2) is 54.9 Å². The number of benzene rings is 2. The first kappa shape index (κ1) is 19.9. The third kappa shape index (κ3) is 5.31. The second-order valence-electron chi connectivity index (χ2n) is 5.87. The summed E-state index contributed by atoms with van der Waals surface area (Å²) in [7, 11) is 0. The lowest BCUT2D eigenvalue weighted by atomic mass is 10.2. The molecular weight excluding hydrogens is 391 g/mol. The number of aromatic nitrogens is 2. The predicted octanol–water partition coefficient (Wildman–Crippen LogP) is 5.08. The smallest absolute Gasteiger partial charge is 0.406 e. The molecule has 2 aromatic carbocycles. The minimum atomic E-state index is -4.81. The lowest BCUT2D eigenvalue weighted by Crippen LogP contribution is -2.17. The zero-order valence-corrected chi connectivity index (χ0v) is 14.9. The largest absolute Gasteiger partial charge is 0.573 e. The number of aryl methyl sites for hydroxylation is 1. The number of nitrogens with one attached hydrogen (secondary N) is 2. The molecule has 11 heteroatoms. The lowest BCUT2D eigenvalue weighted by molar-refractivity contribution is -0.383. The number of alkyl halides is 3. The second-order valence-corrected chi connectivity index (χ2v) is 5.87. The van der Waals surface area contributed by atoms with E-state index in [2.05, 4.69) is 25.3 Å². The van der Waals surface area contributed by atoms with Crippen molar-refractivity contribution < 1.29 is 22.8 Å². The summed E-state index contributed by atoms with van der Waals surface area (Å²) in [5.74, 6) is -0.568. The van der Waals surface area contributed by atoms with Crippen molar-refractivity contribution in [1.82, 2.24) is 9.97 Å². The van der Waals surface area contributed by atoms with Gasteiger partial charge in [0.15, 0.2) is 0 Å². The van der Waals surface area contributed by atoms with Crippen LogP contribution in [-0.2, 0) is 0 Å². The van der Waals surface area contributed by atoms with E-state index in [0.717, 1.165) is 24.0 Å². The van der Waals surface area contributed by atoms with Crippen LogP contribution in [-0.4, -0.2) is 21.3 Å². The van der Waals surface area contributed by atoms with E-state index in [-0.39, 0.29) is 17.3 Å². The molecule has 0 atom stereocenters. The lowest BCUT2D eigenvalue weighted by Gasteiger charge is -2.12. The van der Waals surface area contributed by atoms with Crippen LogP contribution < -0.4 is 15.4 Å². The number of hydrogen-bond donors (Lipinski definition) is 2. The van der Waals surface area contributed by atoms with Gasteiger partial charge in [-0.1, -0.05) is 12.1 Å². The molecule has 150 valence electrons. The summed E-state index contributed by atoms with van der Waals surface area (Å²) in [6.45, 7) is 1.87. The Hall–Kier alpha value is -3.89. The van der Waals surface area contributed by atoms with E-state index in [4.69, 9.17) is 0 Å². The van der Waals surface area contributed by atoms with Gasteiger partial charge >= 0.3 is 12.0 Å². The molecule has 8 nitrogen and oxygen atoms in total. The Balaban J connectivity index is 1.87. The van der Waals surface area contributed by atoms with Gasteiger partial charge in [0.05, 0.1) is 4.92 Å². The van der Waals surface area contributed by atoms with Crippen molar-refractivity contribution in [1.29, 1.82) is 0 Å². The van der Waals surface area contributed by atoms with E-state index >= 15 is 0 Å². The Morgan fingerprint density at radius 3 is 2.17 bits per heavy atom. The fourth-order valence-corrected chi connectivity index (χ4v) is 2.47. The molecule has 0 aliphatic rings. The normalized spacial score (nSPS) is 11.0. The Kier molecular flexibility index (Phi) is 5.48.